The van der Waals surface area contributed by atoms with Crippen molar-refractivity contribution in [2.45, 2.75) is 19.1 Å². The number of amides is 1. The standard InChI is InChI=1S/C20H20N4O2/c21-12-16-6-3-8-22-19(16)23-10-11-26-18(14-23)20(25)24-9-7-15-4-1-2-5-17(15)13-24/h1-6,8,18H,7,9-11,13-14H2. The summed E-state index contributed by atoms with van der Waals surface area (Å²) in [6.07, 6.45) is 2.02. The lowest BCUT2D eigenvalue weighted by Crippen LogP contribution is -2.52. The van der Waals surface area contributed by atoms with Crippen LogP contribution in [0.25, 0.3) is 0 Å². The third-order valence-corrected chi connectivity index (χ3v) is 4.99. The first kappa shape index (κ1) is 16.6. The van der Waals surface area contributed by atoms with E-state index < -0.39 is 6.10 Å². The zero-order chi connectivity index (χ0) is 17.9. The van der Waals surface area contributed by atoms with Crippen molar-refractivity contribution in [3.05, 3.63) is 59.3 Å². The summed E-state index contributed by atoms with van der Waals surface area (Å²) in [6.45, 7) is 2.83. The first-order valence-corrected chi connectivity index (χ1v) is 8.83. The van der Waals surface area contributed by atoms with Crippen LogP contribution in [0.15, 0.2) is 42.6 Å². The van der Waals surface area contributed by atoms with Gasteiger partial charge in [0.05, 0.1) is 18.7 Å². The number of nitriles is 1. The smallest absolute Gasteiger partial charge is 0.253 e. The lowest BCUT2D eigenvalue weighted by Gasteiger charge is -2.37. The van der Waals surface area contributed by atoms with Gasteiger partial charge >= 0.3 is 0 Å². The van der Waals surface area contributed by atoms with Crippen LogP contribution in [0, 0.1) is 11.3 Å². The zero-order valence-corrected chi connectivity index (χ0v) is 14.5. The molecule has 2 aromatic rings. The molecule has 1 unspecified atom stereocenters. The van der Waals surface area contributed by atoms with Crippen LogP contribution in [-0.4, -0.2) is 48.1 Å². The Kier molecular flexibility index (Phi) is 4.55. The summed E-state index contributed by atoms with van der Waals surface area (Å²) in [6, 6.07) is 13.9. The van der Waals surface area contributed by atoms with Crippen molar-refractivity contribution >= 4 is 11.7 Å². The highest BCUT2D eigenvalue weighted by Crippen LogP contribution is 2.23. The lowest BCUT2D eigenvalue weighted by atomic mass is 9.99. The molecule has 6 heteroatoms. The molecule has 3 heterocycles. The fourth-order valence-corrected chi connectivity index (χ4v) is 3.61. The number of aromatic nitrogens is 1. The van der Waals surface area contributed by atoms with Gasteiger partial charge in [-0.25, -0.2) is 4.98 Å². The Morgan fingerprint density at radius 1 is 1.19 bits per heavy atom. The second-order valence-electron chi connectivity index (χ2n) is 6.57. The molecule has 1 aromatic carbocycles. The van der Waals surface area contributed by atoms with E-state index in [0.29, 0.717) is 44.2 Å². The minimum Gasteiger partial charge on any atom is -0.365 e. The van der Waals surface area contributed by atoms with Gasteiger partial charge < -0.3 is 14.5 Å². The van der Waals surface area contributed by atoms with Crippen LogP contribution in [0.4, 0.5) is 5.82 Å². The fraction of sp³-hybridized carbons (Fsp3) is 0.350. The van der Waals surface area contributed by atoms with Gasteiger partial charge in [-0.1, -0.05) is 24.3 Å². The molecule has 0 spiro atoms. The SMILES string of the molecule is N#Cc1cccnc1N1CCOC(C(=O)N2CCc3ccccc3C2)C1. The van der Waals surface area contributed by atoms with Gasteiger partial charge in [0.1, 0.15) is 11.9 Å². The van der Waals surface area contributed by atoms with Gasteiger partial charge in [-0.15, -0.1) is 0 Å². The second-order valence-corrected chi connectivity index (χ2v) is 6.57. The van der Waals surface area contributed by atoms with Crippen LogP contribution in [0.5, 0.6) is 0 Å². The maximum absolute atomic E-state index is 13.0. The monoisotopic (exact) mass is 348 g/mol. The summed E-state index contributed by atoms with van der Waals surface area (Å²) >= 11 is 0. The largest absolute Gasteiger partial charge is 0.365 e. The number of fused-ring (bicyclic) bond motifs is 1. The van der Waals surface area contributed by atoms with E-state index in [2.05, 4.69) is 23.2 Å². The fourth-order valence-electron chi connectivity index (χ4n) is 3.61. The number of carbonyl (C=O) groups is 1. The predicted molar refractivity (Wildman–Crippen MR) is 96.5 cm³/mol. The number of hydrogen-bond acceptors (Lipinski definition) is 5. The minimum atomic E-state index is -0.525. The Bertz CT molecular complexity index is 861. The molecule has 2 aliphatic rings. The van der Waals surface area contributed by atoms with Crippen LogP contribution in [-0.2, 0) is 22.5 Å². The summed E-state index contributed by atoms with van der Waals surface area (Å²) in [5, 5.41) is 9.30. The number of anilines is 1. The molecule has 4 rings (SSSR count). The van der Waals surface area contributed by atoms with E-state index in [1.165, 1.54) is 11.1 Å². The van der Waals surface area contributed by atoms with Crippen molar-refractivity contribution in [2.24, 2.45) is 0 Å². The summed E-state index contributed by atoms with van der Waals surface area (Å²) in [4.78, 5) is 21.2. The average molecular weight is 348 g/mol. The van der Waals surface area contributed by atoms with Crippen LogP contribution in [0.3, 0.4) is 0 Å². The van der Waals surface area contributed by atoms with Gasteiger partial charge in [-0.05, 0) is 29.7 Å². The molecule has 0 aliphatic carbocycles. The first-order valence-electron chi connectivity index (χ1n) is 8.83. The highest BCUT2D eigenvalue weighted by molar-refractivity contribution is 5.82. The van der Waals surface area contributed by atoms with Gasteiger partial charge in [0.15, 0.2) is 6.10 Å². The van der Waals surface area contributed by atoms with Crippen molar-refractivity contribution in [1.82, 2.24) is 9.88 Å². The molecule has 1 atom stereocenters. The Morgan fingerprint density at radius 2 is 2.04 bits per heavy atom. The number of morpholine rings is 1. The second kappa shape index (κ2) is 7.14. The summed E-state index contributed by atoms with van der Waals surface area (Å²) in [5.41, 5.74) is 3.04. The molecule has 1 aromatic heterocycles. The van der Waals surface area contributed by atoms with Gasteiger partial charge in [0.25, 0.3) is 5.91 Å². The molecule has 1 amide bonds. The highest BCUT2D eigenvalue weighted by atomic mass is 16.5. The molecule has 6 nitrogen and oxygen atoms in total. The predicted octanol–water partition coefficient (Wildman–Crippen LogP) is 1.74. The van der Waals surface area contributed by atoms with Crippen LogP contribution in [0.1, 0.15) is 16.7 Å². The van der Waals surface area contributed by atoms with Gasteiger partial charge in [0.2, 0.25) is 0 Å². The number of hydrogen-bond donors (Lipinski definition) is 0. The van der Waals surface area contributed by atoms with Crippen molar-refractivity contribution in [2.75, 3.05) is 31.1 Å². The van der Waals surface area contributed by atoms with E-state index >= 15 is 0 Å². The van der Waals surface area contributed by atoms with Crippen molar-refractivity contribution in [3.63, 3.8) is 0 Å². The Labute approximate surface area is 152 Å². The quantitative estimate of drug-likeness (QED) is 0.827. The van der Waals surface area contributed by atoms with E-state index in [0.717, 1.165) is 6.42 Å². The highest BCUT2D eigenvalue weighted by Gasteiger charge is 2.32. The molecule has 0 N–H and O–H groups in total. The molecule has 0 saturated carbocycles. The Morgan fingerprint density at radius 3 is 2.88 bits per heavy atom. The van der Waals surface area contributed by atoms with Crippen LogP contribution < -0.4 is 4.90 Å². The molecule has 2 aliphatic heterocycles. The Balaban J connectivity index is 1.48. The number of carbonyl (C=O) groups excluding carboxylic acids is 1. The molecule has 132 valence electrons. The normalized spacial score (nSPS) is 19.6. The van der Waals surface area contributed by atoms with E-state index in [1.807, 2.05) is 21.9 Å². The van der Waals surface area contributed by atoms with Gasteiger partial charge in [-0.3, -0.25) is 4.79 Å². The van der Waals surface area contributed by atoms with Crippen molar-refractivity contribution in [1.29, 1.82) is 5.26 Å². The van der Waals surface area contributed by atoms with Crippen molar-refractivity contribution in [3.8, 4) is 6.07 Å². The molecule has 1 saturated heterocycles. The number of rotatable bonds is 2. The van der Waals surface area contributed by atoms with E-state index in [-0.39, 0.29) is 5.91 Å². The van der Waals surface area contributed by atoms with Gasteiger partial charge in [0, 0.05) is 25.8 Å². The molecule has 1 fully saturated rings. The summed E-state index contributed by atoms with van der Waals surface area (Å²) < 4.78 is 5.76. The number of pyridine rings is 1. The first-order chi connectivity index (χ1) is 12.8. The third kappa shape index (κ3) is 3.14. The van der Waals surface area contributed by atoms with Gasteiger partial charge in [-0.2, -0.15) is 5.26 Å². The molecular formula is C20H20N4O2. The van der Waals surface area contributed by atoms with E-state index in [4.69, 9.17) is 4.74 Å². The van der Waals surface area contributed by atoms with Crippen LogP contribution >= 0.6 is 0 Å². The topological polar surface area (TPSA) is 69.5 Å². The lowest BCUT2D eigenvalue weighted by molar-refractivity contribution is -0.145. The molecule has 0 bridgehead atoms. The minimum absolute atomic E-state index is 0.0126. The number of nitrogens with zero attached hydrogens (tertiary/aromatic N) is 4. The third-order valence-electron chi connectivity index (χ3n) is 4.99. The summed E-state index contributed by atoms with van der Waals surface area (Å²) in [7, 11) is 0. The van der Waals surface area contributed by atoms with E-state index in [1.54, 1.807) is 18.3 Å². The maximum atomic E-state index is 13.0. The molecular weight excluding hydrogens is 328 g/mol. The average Bonchev–Trinajstić information content (AvgIpc) is 2.73. The van der Waals surface area contributed by atoms with Crippen molar-refractivity contribution < 1.29 is 9.53 Å². The van der Waals surface area contributed by atoms with Crippen LogP contribution in [0.2, 0.25) is 0 Å². The Hall–Kier alpha value is -2.91. The number of ether oxygens (including phenoxy) is 1. The van der Waals surface area contributed by atoms with E-state index in [9.17, 15) is 10.1 Å². The molecule has 26 heavy (non-hydrogen) atoms. The molecule has 0 radical (unpaired) electrons. The zero-order valence-electron chi connectivity index (χ0n) is 14.5. The maximum Gasteiger partial charge on any atom is 0.253 e. The number of benzene rings is 1. The summed E-state index contributed by atoms with van der Waals surface area (Å²) in [5.74, 6) is 0.638.